The second kappa shape index (κ2) is 9.00. The third-order valence-corrected chi connectivity index (χ3v) is 12.8. The second-order valence-corrected chi connectivity index (χ2v) is 13.2. The quantitative estimate of drug-likeness (QED) is 0.357. The molecule has 150 valence electrons. The van der Waals surface area contributed by atoms with Gasteiger partial charge in [0.05, 0.1) is 0 Å². The molecule has 0 heterocycles. The summed E-state index contributed by atoms with van der Waals surface area (Å²) in [5, 5.41) is 3.87. The van der Waals surface area contributed by atoms with E-state index in [1.54, 1.807) is 0 Å². The first-order chi connectivity index (χ1) is 14.7. The van der Waals surface area contributed by atoms with E-state index in [1.807, 2.05) is 97.1 Å². The van der Waals surface area contributed by atoms with Crippen LogP contribution in [0, 0.1) is 0 Å². The third-order valence-electron chi connectivity index (χ3n) is 5.32. The van der Waals surface area contributed by atoms with Crippen LogP contribution in [0.2, 0.25) is 0 Å². The maximum atomic E-state index is 14.8. The van der Waals surface area contributed by atoms with Crippen LogP contribution in [0.5, 0.6) is 0 Å². The van der Waals surface area contributed by atoms with Crippen LogP contribution in [0.4, 0.5) is 0 Å². The van der Waals surface area contributed by atoms with Gasteiger partial charge in [-0.05, 0) is 41.0 Å². The maximum absolute atomic E-state index is 14.8. The topological polar surface area (TPSA) is 29.4 Å². The minimum absolute atomic E-state index is 0.779. The van der Waals surface area contributed by atoms with E-state index in [2.05, 4.69) is 31.2 Å². The summed E-state index contributed by atoms with van der Waals surface area (Å²) in [7, 11) is -5.49. The van der Waals surface area contributed by atoms with Gasteiger partial charge in [0.2, 0.25) is 7.29 Å². The molecule has 0 atom stereocenters. The number of rotatable bonds is 6. The molecule has 0 aliphatic heterocycles. The Morgan fingerprint density at radius 2 is 0.833 bits per heavy atom. The van der Waals surface area contributed by atoms with Gasteiger partial charge < -0.3 is 0 Å². The fourth-order valence-electron chi connectivity index (χ4n) is 3.76. The van der Waals surface area contributed by atoms with E-state index < -0.39 is 14.3 Å². The molecule has 30 heavy (non-hydrogen) atoms. The molecule has 0 aliphatic rings. The van der Waals surface area contributed by atoms with Crippen molar-refractivity contribution >= 4 is 35.6 Å². The van der Waals surface area contributed by atoms with Gasteiger partial charge in [0.1, 0.15) is 0 Å². The summed E-state index contributed by atoms with van der Waals surface area (Å²) in [6.07, 6.45) is 0.810. The average molecular weight is 429 g/mol. The predicted octanol–water partition coefficient (Wildman–Crippen LogP) is 5.79. The molecule has 4 aromatic carbocycles. The Morgan fingerprint density at radius 3 is 1.13 bits per heavy atom. The highest BCUT2D eigenvalue weighted by Crippen LogP contribution is 2.59. The van der Waals surface area contributed by atoms with Crippen LogP contribution in [0.15, 0.2) is 126 Å². The number of nitrogens with zero attached hydrogens (tertiary/aromatic N) is 1. The largest absolute Gasteiger partial charge is 0.288 e. The molecule has 0 radical (unpaired) electrons. The lowest BCUT2D eigenvalue weighted by Crippen LogP contribution is -2.21. The number of hydrogen-bond donors (Lipinski definition) is 0. The Bertz CT molecular complexity index is 1100. The van der Waals surface area contributed by atoms with E-state index in [0.717, 1.165) is 27.4 Å². The monoisotopic (exact) mass is 429 g/mol. The molecule has 0 N–H and O–H groups in total. The minimum Gasteiger partial charge on any atom is -0.288 e. The predicted molar refractivity (Wildman–Crippen MR) is 132 cm³/mol. The fourth-order valence-corrected chi connectivity index (χ4v) is 11.4. The first kappa shape index (κ1) is 20.6. The minimum atomic E-state index is -3.22. The summed E-state index contributed by atoms with van der Waals surface area (Å²) >= 11 is 0. The van der Waals surface area contributed by atoms with Gasteiger partial charge >= 0.3 is 0 Å². The van der Waals surface area contributed by atoms with Crippen molar-refractivity contribution in [2.45, 2.75) is 6.92 Å². The Labute approximate surface area is 179 Å². The fraction of sp³-hybridized carbons (Fsp3) is 0.0769. The molecule has 0 amide bonds. The van der Waals surface area contributed by atoms with Crippen molar-refractivity contribution in [2.24, 2.45) is 4.52 Å². The van der Waals surface area contributed by atoms with Gasteiger partial charge in [0, 0.05) is 17.7 Å². The first-order valence-electron chi connectivity index (χ1n) is 10.1. The van der Waals surface area contributed by atoms with Gasteiger partial charge in [-0.2, -0.15) is 0 Å². The normalized spacial score (nSPS) is 11.8. The molecule has 0 saturated heterocycles. The third kappa shape index (κ3) is 3.86. The van der Waals surface area contributed by atoms with Crippen molar-refractivity contribution in [3.63, 3.8) is 0 Å². The molecule has 0 fully saturated rings. The zero-order valence-electron chi connectivity index (χ0n) is 17.0. The summed E-state index contributed by atoms with van der Waals surface area (Å²) in [5.41, 5.74) is 0. The maximum Gasteiger partial charge on any atom is 0.246 e. The van der Waals surface area contributed by atoms with Crippen LogP contribution in [0.3, 0.4) is 0 Å². The number of benzene rings is 4. The summed E-state index contributed by atoms with van der Waals surface area (Å²) in [5.74, 6) is 0. The first-order valence-corrected chi connectivity index (χ1v) is 13.7. The molecule has 4 rings (SSSR count). The zero-order chi connectivity index (χ0) is 20.9. The molecular formula is C26H25NOP2. The zero-order valence-corrected chi connectivity index (χ0v) is 18.8. The Kier molecular flexibility index (Phi) is 6.18. The lowest BCUT2D eigenvalue weighted by molar-refractivity contribution is 0.588. The molecule has 0 unspecified atom stereocenters. The van der Waals surface area contributed by atoms with Crippen molar-refractivity contribution < 1.29 is 4.57 Å². The Balaban J connectivity index is 2.10. The van der Waals surface area contributed by atoms with Gasteiger partial charge in [0.25, 0.3) is 0 Å². The molecule has 0 saturated carbocycles. The van der Waals surface area contributed by atoms with Crippen molar-refractivity contribution in [2.75, 3.05) is 6.16 Å². The van der Waals surface area contributed by atoms with Gasteiger partial charge in [0.15, 0.2) is 0 Å². The summed E-state index contributed by atoms with van der Waals surface area (Å²) in [6.45, 7) is 2.16. The second-order valence-electron chi connectivity index (χ2n) is 7.09. The van der Waals surface area contributed by atoms with Crippen LogP contribution >= 0.6 is 14.3 Å². The SMILES string of the molecule is CCP(=NP(=O)(c1ccccc1)c1ccccc1)(c1ccccc1)c1ccccc1. The lowest BCUT2D eigenvalue weighted by Gasteiger charge is -2.28. The van der Waals surface area contributed by atoms with Crippen LogP contribution < -0.4 is 21.2 Å². The van der Waals surface area contributed by atoms with E-state index in [1.165, 1.54) is 0 Å². The van der Waals surface area contributed by atoms with E-state index in [9.17, 15) is 4.57 Å². The van der Waals surface area contributed by atoms with Crippen LogP contribution in [-0.2, 0) is 4.57 Å². The highest BCUT2D eigenvalue weighted by Gasteiger charge is 2.32. The Morgan fingerprint density at radius 1 is 0.533 bits per heavy atom. The van der Waals surface area contributed by atoms with Gasteiger partial charge in [-0.1, -0.05) is 104 Å². The van der Waals surface area contributed by atoms with Crippen molar-refractivity contribution in [1.29, 1.82) is 0 Å². The number of hydrogen-bond acceptors (Lipinski definition) is 1. The smallest absolute Gasteiger partial charge is 0.246 e. The van der Waals surface area contributed by atoms with E-state index >= 15 is 0 Å². The molecule has 2 nitrogen and oxygen atoms in total. The van der Waals surface area contributed by atoms with Gasteiger partial charge in [-0.25, -0.2) is 4.52 Å². The molecule has 0 aliphatic carbocycles. The highest BCUT2D eigenvalue weighted by molar-refractivity contribution is 7.89. The van der Waals surface area contributed by atoms with Crippen LogP contribution in [0.25, 0.3) is 0 Å². The molecule has 4 aromatic rings. The van der Waals surface area contributed by atoms with Crippen molar-refractivity contribution in [3.8, 4) is 0 Å². The summed E-state index contributed by atoms with van der Waals surface area (Å²) in [6, 6.07) is 40.2. The lowest BCUT2D eigenvalue weighted by atomic mass is 10.4. The molecule has 0 aromatic heterocycles. The van der Waals surface area contributed by atoms with Gasteiger partial charge in [-0.3, -0.25) is 4.57 Å². The van der Waals surface area contributed by atoms with Crippen LogP contribution in [0.1, 0.15) is 6.92 Å². The van der Waals surface area contributed by atoms with Gasteiger partial charge in [-0.15, -0.1) is 0 Å². The molecule has 0 bridgehead atoms. The van der Waals surface area contributed by atoms with E-state index in [4.69, 9.17) is 4.52 Å². The molecular weight excluding hydrogens is 404 g/mol. The standard InChI is InChI=1S/C26H25NOP2/c1-2-29(23-15-7-3-8-16-23,24-17-9-4-10-18-24)27-30(28,25-19-11-5-12-20-25)26-21-13-6-14-22-26/h3-22H,2H2,1H3. The summed E-state index contributed by atoms with van der Waals surface area (Å²) < 4.78 is 20.2. The van der Waals surface area contributed by atoms with E-state index in [-0.39, 0.29) is 0 Å². The average Bonchev–Trinajstić information content (AvgIpc) is 2.85. The van der Waals surface area contributed by atoms with Crippen molar-refractivity contribution in [3.05, 3.63) is 121 Å². The molecule has 0 spiro atoms. The van der Waals surface area contributed by atoms with Crippen LogP contribution in [-0.4, -0.2) is 6.16 Å². The molecule has 4 heteroatoms. The summed E-state index contributed by atoms with van der Waals surface area (Å²) in [4.78, 5) is 0. The van der Waals surface area contributed by atoms with E-state index in [0.29, 0.717) is 0 Å². The highest BCUT2D eigenvalue weighted by atomic mass is 31.2. The Hall–Kier alpha value is -2.66. The van der Waals surface area contributed by atoms with Crippen molar-refractivity contribution in [1.82, 2.24) is 0 Å².